The highest BCUT2D eigenvalue weighted by Gasteiger charge is 2.19. The number of nitrogens with zero attached hydrogens (tertiary/aromatic N) is 2. The van der Waals surface area contributed by atoms with Crippen molar-refractivity contribution in [2.24, 2.45) is 0 Å². The number of benzene rings is 2. The monoisotopic (exact) mass is 320 g/mol. The Labute approximate surface area is 130 Å². The van der Waals surface area contributed by atoms with Crippen LogP contribution in [0.1, 0.15) is 5.82 Å². The van der Waals surface area contributed by atoms with Crippen LogP contribution in [0.3, 0.4) is 0 Å². The largest absolute Gasteiger partial charge is 0.710 e. The average Bonchev–Trinajstić information content (AvgIpc) is 2.48. The van der Waals surface area contributed by atoms with E-state index < -0.39 is 0 Å². The number of rotatable bonds is 2. The Bertz CT molecular complexity index is 820. The number of phenols is 1. The van der Waals surface area contributed by atoms with Crippen LogP contribution in [0, 0.1) is 5.21 Å². The Balaban J connectivity index is 2.39. The number of hydrogen-bond acceptors (Lipinski definition) is 3. The molecule has 0 fully saturated rings. The normalized spacial score (nSPS) is 11.0. The van der Waals surface area contributed by atoms with Crippen LogP contribution in [0.15, 0.2) is 42.5 Å². The van der Waals surface area contributed by atoms with Crippen LogP contribution in [0.5, 0.6) is 5.75 Å². The first-order chi connectivity index (χ1) is 10.1. The van der Waals surface area contributed by atoms with E-state index in [1.807, 2.05) is 0 Å². The van der Waals surface area contributed by atoms with Crippen LogP contribution < -0.4 is 4.73 Å². The molecule has 6 heteroatoms. The molecule has 0 unspecified atom stereocenters. The van der Waals surface area contributed by atoms with Gasteiger partial charge in [0.15, 0.2) is 5.52 Å². The lowest BCUT2D eigenvalue weighted by Crippen LogP contribution is -2.35. The van der Waals surface area contributed by atoms with Gasteiger partial charge in [-0.05, 0) is 47.4 Å². The minimum absolute atomic E-state index is 0.00709. The average molecular weight is 321 g/mol. The van der Waals surface area contributed by atoms with Gasteiger partial charge in [-0.25, -0.2) is 4.73 Å². The highest BCUT2D eigenvalue weighted by molar-refractivity contribution is 6.31. The first-order valence-electron chi connectivity index (χ1n) is 6.17. The van der Waals surface area contributed by atoms with Crippen molar-refractivity contribution >= 4 is 34.1 Å². The van der Waals surface area contributed by atoms with E-state index in [2.05, 4.69) is 4.98 Å². The third-order valence-electron chi connectivity index (χ3n) is 3.16. The van der Waals surface area contributed by atoms with Gasteiger partial charge in [-0.3, -0.25) is 0 Å². The Morgan fingerprint density at radius 2 is 1.86 bits per heavy atom. The Hall–Kier alpha value is -2.04. The van der Waals surface area contributed by atoms with Gasteiger partial charge in [0.2, 0.25) is 0 Å². The fourth-order valence-corrected chi connectivity index (χ4v) is 2.53. The second-order valence-electron chi connectivity index (χ2n) is 4.51. The summed E-state index contributed by atoms with van der Waals surface area (Å²) in [6.07, 6.45) is 0. The summed E-state index contributed by atoms with van der Waals surface area (Å²) in [4.78, 5) is 4.25. The van der Waals surface area contributed by atoms with Crippen LogP contribution >= 0.6 is 23.2 Å². The smallest absolute Gasteiger partial charge is 0.317 e. The number of hydrogen-bond donors (Lipinski definition) is 1. The highest BCUT2D eigenvalue weighted by atomic mass is 35.5. The molecule has 1 N–H and O–H groups in total. The van der Waals surface area contributed by atoms with Crippen LogP contribution in [0.25, 0.3) is 22.2 Å². The first kappa shape index (κ1) is 13.9. The number of halogens is 2. The Morgan fingerprint density at radius 3 is 2.52 bits per heavy atom. The Kier molecular flexibility index (Phi) is 3.57. The van der Waals surface area contributed by atoms with Gasteiger partial charge in [0.25, 0.3) is 0 Å². The summed E-state index contributed by atoms with van der Waals surface area (Å²) in [5, 5.41) is 23.0. The summed E-state index contributed by atoms with van der Waals surface area (Å²) in [6, 6.07) is 11.5. The summed E-state index contributed by atoms with van der Waals surface area (Å²) in [5.74, 6) is 0.354. The van der Waals surface area contributed by atoms with Gasteiger partial charge in [0.05, 0.1) is 5.39 Å². The molecule has 0 amide bonds. The second kappa shape index (κ2) is 5.39. The molecule has 0 saturated heterocycles. The molecule has 21 heavy (non-hydrogen) atoms. The van der Waals surface area contributed by atoms with Gasteiger partial charge >= 0.3 is 5.82 Å². The molecule has 2 aromatic carbocycles. The summed E-state index contributed by atoms with van der Waals surface area (Å²) in [7, 11) is 0. The number of aromatic nitrogens is 2. The van der Waals surface area contributed by atoms with E-state index in [0.717, 1.165) is 0 Å². The molecule has 1 aromatic heterocycles. The lowest BCUT2D eigenvalue weighted by Gasteiger charge is -2.13. The van der Waals surface area contributed by atoms with Crippen molar-refractivity contribution in [2.75, 3.05) is 0 Å². The maximum Gasteiger partial charge on any atom is 0.317 e. The molecule has 3 aromatic rings. The van der Waals surface area contributed by atoms with Gasteiger partial charge in [-0.15, -0.1) is 11.6 Å². The minimum atomic E-state index is 0.00709. The standard InChI is InChI=1S/C15H10Cl2N2O2/c16-8-14-18-13-6-3-10(17)7-12(13)15(19(14)21)9-1-4-11(20)5-2-9/h1-7,20H,8H2. The SMILES string of the molecule is [O-][n+]1c(CCl)nc2ccc(Cl)cc2c1-c1ccc(O)cc1. The lowest BCUT2D eigenvalue weighted by atomic mass is 10.1. The number of fused-ring (bicyclic) bond motifs is 1. The molecule has 106 valence electrons. The van der Waals surface area contributed by atoms with Crippen molar-refractivity contribution in [3.63, 3.8) is 0 Å². The van der Waals surface area contributed by atoms with E-state index in [-0.39, 0.29) is 17.5 Å². The molecule has 0 radical (unpaired) electrons. The fourth-order valence-electron chi connectivity index (χ4n) is 2.19. The molecule has 4 nitrogen and oxygen atoms in total. The van der Waals surface area contributed by atoms with Gasteiger partial charge in [0, 0.05) is 10.6 Å². The van der Waals surface area contributed by atoms with Crippen molar-refractivity contribution in [1.82, 2.24) is 4.98 Å². The predicted molar refractivity (Wildman–Crippen MR) is 82.4 cm³/mol. The predicted octanol–water partition coefficient (Wildman–Crippen LogP) is 3.63. The van der Waals surface area contributed by atoms with E-state index in [1.54, 1.807) is 30.3 Å². The molecule has 1 heterocycles. The zero-order valence-corrected chi connectivity index (χ0v) is 12.3. The molecule has 0 bridgehead atoms. The van der Waals surface area contributed by atoms with Crippen LogP contribution in [0.2, 0.25) is 5.02 Å². The molecular weight excluding hydrogens is 311 g/mol. The fraction of sp³-hybridized carbons (Fsp3) is 0.0667. The van der Waals surface area contributed by atoms with Crippen LogP contribution in [-0.2, 0) is 5.88 Å². The summed E-state index contributed by atoms with van der Waals surface area (Å²) in [5.41, 5.74) is 1.72. The third kappa shape index (κ3) is 2.48. The van der Waals surface area contributed by atoms with Gasteiger partial charge in [-0.2, -0.15) is 0 Å². The van der Waals surface area contributed by atoms with E-state index in [4.69, 9.17) is 23.2 Å². The number of phenolic OH excluding ortho intramolecular Hbond substituents is 1. The van der Waals surface area contributed by atoms with Gasteiger partial charge in [0.1, 0.15) is 17.3 Å². The lowest BCUT2D eigenvalue weighted by molar-refractivity contribution is -0.603. The zero-order valence-electron chi connectivity index (χ0n) is 10.8. The topological polar surface area (TPSA) is 60.1 Å². The first-order valence-corrected chi connectivity index (χ1v) is 7.08. The maximum absolute atomic E-state index is 12.5. The van der Waals surface area contributed by atoms with E-state index >= 15 is 0 Å². The van der Waals surface area contributed by atoms with Crippen molar-refractivity contribution in [1.29, 1.82) is 0 Å². The Morgan fingerprint density at radius 1 is 1.14 bits per heavy atom. The molecule has 0 atom stereocenters. The van der Waals surface area contributed by atoms with Crippen LogP contribution in [-0.4, -0.2) is 10.1 Å². The van der Waals surface area contributed by atoms with Crippen molar-refractivity contribution in [3.8, 4) is 17.0 Å². The quantitative estimate of drug-likeness (QED) is 0.445. The van der Waals surface area contributed by atoms with Gasteiger partial charge in [-0.1, -0.05) is 11.6 Å². The molecular formula is C15H10Cl2N2O2. The minimum Gasteiger partial charge on any atom is -0.710 e. The second-order valence-corrected chi connectivity index (χ2v) is 5.22. The van der Waals surface area contributed by atoms with E-state index in [9.17, 15) is 10.3 Å². The maximum atomic E-state index is 12.5. The molecule has 0 saturated carbocycles. The zero-order chi connectivity index (χ0) is 15.0. The number of aromatic hydroxyl groups is 1. The highest BCUT2D eigenvalue weighted by Crippen LogP contribution is 2.28. The molecule has 0 spiro atoms. The third-order valence-corrected chi connectivity index (χ3v) is 3.64. The van der Waals surface area contributed by atoms with Crippen molar-refractivity contribution < 1.29 is 9.84 Å². The molecule has 0 aliphatic heterocycles. The number of alkyl halides is 1. The molecule has 0 aliphatic rings. The molecule has 3 rings (SSSR count). The summed E-state index contributed by atoms with van der Waals surface area (Å²) < 4.78 is 0.706. The van der Waals surface area contributed by atoms with Crippen LogP contribution in [0.4, 0.5) is 0 Å². The summed E-state index contributed by atoms with van der Waals surface area (Å²) >= 11 is 11.8. The molecule has 0 aliphatic carbocycles. The van der Waals surface area contributed by atoms with Crippen molar-refractivity contribution in [3.05, 3.63) is 58.5 Å². The van der Waals surface area contributed by atoms with Crippen molar-refractivity contribution in [2.45, 2.75) is 5.88 Å². The van der Waals surface area contributed by atoms with Gasteiger partial charge < -0.3 is 10.3 Å². The van der Waals surface area contributed by atoms with E-state index in [1.165, 1.54) is 12.1 Å². The summed E-state index contributed by atoms with van der Waals surface area (Å²) in [6.45, 7) is 0. The van der Waals surface area contributed by atoms with E-state index in [0.29, 0.717) is 31.9 Å².